The minimum Gasteiger partial charge on any atom is -0.480 e. The molecule has 1 aliphatic rings. The molecular formula is C28H33N5O5S. The van der Waals surface area contributed by atoms with Gasteiger partial charge in [-0.25, -0.2) is 4.79 Å². The molecule has 1 aromatic heterocycles. The topological polar surface area (TPSA) is 158 Å². The first-order chi connectivity index (χ1) is 18.8. The standard InChI is InChI=1S/C28H33N5O5S/c29-20(13-17-7-2-1-3-8-17)25(34)32-23(16-39)27(36)33-12-6-11-24(33)26(35)31-22(28(37)38)14-18-15-30-21-10-5-4-9-19(18)21/h1-5,7-10,15,20,22-24,30,39H,6,11-14,16,29H2,(H,31,35)(H,32,34)(H,37,38). The average Bonchev–Trinajstić information content (AvgIpc) is 3.59. The van der Waals surface area contributed by atoms with Gasteiger partial charge in [0.15, 0.2) is 0 Å². The fourth-order valence-corrected chi connectivity index (χ4v) is 5.16. The fraction of sp³-hybridized carbons (Fsp3) is 0.357. The predicted octanol–water partition coefficient (Wildman–Crippen LogP) is 1.26. The van der Waals surface area contributed by atoms with Gasteiger partial charge in [-0.3, -0.25) is 14.4 Å². The summed E-state index contributed by atoms with van der Waals surface area (Å²) in [7, 11) is 0. The van der Waals surface area contributed by atoms with E-state index in [1.165, 1.54) is 4.90 Å². The maximum Gasteiger partial charge on any atom is 0.326 e. The summed E-state index contributed by atoms with van der Waals surface area (Å²) < 4.78 is 0. The number of nitrogens with two attached hydrogens (primary N) is 1. The first-order valence-corrected chi connectivity index (χ1v) is 13.5. The Balaban J connectivity index is 1.39. The first-order valence-electron chi connectivity index (χ1n) is 12.9. The molecule has 2 aromatic carbocycles. The Kier molecular flexibility index (Phi) is 9.26. The lowest BCUT2D eigenvalue weighted by atomic mass is 10.0. The monoisotopic (exact) mass is 551 g/mol. The third-order valence-electron chi connectivity index (χ3n) is 6.98. The summed E-state index contributed by atoms with van der Waals surface area (Å²) in [4.78, 5) is 55.8. The van der Waals surface area contributed by atoms with Crippen LogP contribution in [0, 0.1) is 0 Å². The summed E-state index contributed by atoms with van der Waals surface area (Å²) in [5, 5.41) is 16.0. The van der Waals surface area contributed by atoms with Crippen molar-refractivity contribution in [2.24, 2.45) is 5.73 Å². The number of amides is 3. The van der Waals surface area contributed by atoms with E-state index in [0.717, 1.165) is 22.0 Å². The van der Waals surface area contributed by atoms with Crippen LogP contribution in [0.3, 0.4) is 0 Å². The lowest BCUT2D eigenvalue weighted by Gasteiger charge is -2.29. The summed E-state index contributed by atoms with van der Waals surface area (Å²) >= 11 is 4.25. The second-order valence-corrected chi connectivity index (χ2v) is 10.1. The van der Waals surface area contributed by atoms with Gasteiger partial charge in [-0.1, -0.05) is 48.5 Å². The Morgan fingerprint density at radius 3 is 2.46 bits per heavy atom. The highest BCUT2D eigenvalue weighted by atomic mass is 32.1. The molecule has 2 heterocycles. The highest BCUT2D eigenvalue weighted by molar-refractivity contribution is 7.80. The van der Waals surface area contributed by atoms with Crippen molar-refractivity contribution in [2.75, 3.05) is 12.3 Å². The number of nitrogens with zero attached hydrogens (tertiary/aromatic N) is 1. The number of carboxylic acid groups (broad SMARTS) is 1. The van der Waals surface area contributed by atoms with Crippen molar-refractivity contribution in [1.82, 2.24) is 20.5 Å². The summed E-state index contributed by atoms with van der Waals surface area (Å²) in [5.74, 6) is -2.63. The Labute approximate surface area is 231 Å². The zero-order valence-corrected chi connectivity index (χ0v) is 22.3. The number of H-pyrrole nitrogens is 1. The van der Waals surface area contributed by atoms with Crippen LogP contribution >= 0.6 is 12.6 Å². The number of hydrogen-bond donors (Lipinski definition) is 6. The fourth-order valence-electron chi connectivity index (χ4n) is 4.92. The van der Waals surface area contributed by atoms with Gasteiger partial charge in [0, 0.05) is 35.8 Å². The summed E-state index contributed by atoms with van der Waals surface area (Å²) in [6.07, 6.45) is 3.09. The average molecular weight is 552 g/mol. The van der Waals surface area contributed by atoms with Crippen molar-refractivity contribution in [3.8, 4) is 0 Å². The number of carboxylic acids is 1. The van der Waals surface area contributed by atoms with Gasteiger partial charge in [-0.15, -0.1) is 0 Å². The minimum atomic E-state index is -1.18. The number of aliphatic carboxylic acids is 1. The SMILES string of the molecule is NC(Cc1ccccc1)C(=O)NC(CS)C(=O)N1CCCC1C(=O)NC(Cc1c[nH]c2ccccc12)C(=O)O. The second kappa shape index (κ2) is 12.8. The lowest BCUT2D eigenvalue weighted by molar-refractivity contribution is -0.144. The molecule has 11 heteroatoms. The molecule has 1 saturated heterocycles. The molecule has 4 atom stereocenters. The van der Waals surface area contributed by atoms with Crippen LogP contribution in [0.1, 0.15) is 24.0 Å². The first kappa shape index (κ1) is 28.2. The molecule has 3 aromatic rings. The molecule has 4 rings (SSSR count). The number of benzene rings is 2. The Hall–Kier alpha value is -3.83. The Morgan fingerprint density at radius 1 is 1.03 bits per heavy atom. The van der Waals surface area contributed by atoms with Crippen molar-refractivity contribution in [1.29, 1.82) is 0 Å². The maximum atomic E-state index is 13.4. The largest absolute Gasteiger partial charge is 0.480 e. The lowest BCUT2D eigenvalue weighted by Crippen LogP contribution is -2.57. The van der Waals surface area contributed by atoms with Gasteiger partial charge in [0.2, 0.25) is 17.7 Å². The molecule has 3 amide bonds. The van der Waals surface area contributed by atoms with Crippen molar-refractivity contribution < 1.29 is 24.3 Å². The molecular weight excluding hydrogens is 518 g/mol. The van der Waals surface area contributed by atoms with E-state index in [1.807, 2.05) is 54.6 Å². The Morgan fingerprint density at radius 2 is 1.74 bits per heavy atom. The van der Waals surface area contributed by atoms with Crippen LogP contribution in [0.25, 0.3) is 10.9 Å². The van der Waals surface area contributed by atoms with Crippen molar-refractivity contribution in [2.45, 2.75) is 49.9 Å². The molecule has 1 fully saturated rings. The highest BCUT2D eigenvalue weighted by Crippen LogP contribution is 2.21. The van der Waals surface area contributed by atoms with Crippen LogP contribution in [0.2, 0.25) is 0 Å². The number of para-hydroxylation sites is 1. The molecule has 1 aliphatic heterocycles. The molecule has 0 radical (unpaired) electrons. The van der Waals surface area contributed by atoms with E-state index in [1.54, 1.807) is 6.20 Å². The van der Waals surface area contributed by atoms with Crippen LogP contribution in [0.5, 0.6) is 0 Å². The van der Waals surface area contributed by atoms with E-state index < -0.39 is 47.9 Å². The number of rotatable bonds is 11. The third kappa shape index (κ3) is 6.79. The zero-order chi connectivity index (χ0) is 27.9. The molecule has 0 aliphatic carbocycles. The van der Waals surface area contributed by atoms with Gasteiger partial charge >= 0.3 is 5.97 Å². The van der Waals surface area contributed by atoms with Crippen LogP contribution in [-0.2, 0) is 32.0 Å². The van der Waals surface area contributed by atoms with Gasteiger partial charge in [-0.2, -0.15) is 12.6 Å². The number of carbonyl (C=O) groups is 4. The maximum absolute atomic E-state index is 13.4. The van der Waals surface area contributed by atoms with E-state index in [9.17, 15) is 24.3 Å². The van der Waals surface area contributed by atoms with Gasteiger partial charge < -0.3 is 31.4 Å². The van der Waals surface area contributed by atoms with Crippen LogP contribution in [-0.4, -0.2) is 75.1 Å². The number of fused-ring (bicyclic) bond motifs is 1. The van der Waals surface area contributed by atoms with Crippen molar-refractivity contribution >= 4 is 47.2 Å². The molecule has 39 heavy (non-hydrogen) atoms. The van der Waals surface area contributed by atoms with E-state index in [2.05, 4.69) is 28.2 Å². The van der Waals surface area contributed by atoms with Crippen molar-refractivity contribution in [3.63, 3.8) is 0 Å². The number of aromatic amines is 1. The zero-order valence-electron chi connectivity index (χ0n) is 21.4. The van der Waals surface area contributed by atoms with Crippen LogP contribution in [0.15, 0.2) is 60.8 Å². The van der Waals surface area contributed by atoms with Gasteiger partial charge in [0.25, 0.3) is 0 Å². The molecule has 0 saturated carbocycles. The van der Waals surface area contributed by atoms with Crippen molar-refractivity contribution in [3.05, 3.63) is 71.9 Å². The van der Waals surface area contributed by atoms with E-state index >= 15 is 0 Å². The number of aromatic nitrogens is 1. The van der Waals surface area contributed by atoms with Gasteiger partial charge in [0.1, 0.15) is 18.1 Å². The van der Waals surface area contributed by atoms with E-state index in [0.29, 0.717) is 25.8 Å². The van der Waals surface area contributed by atoms with Crippen LogP contribution < -0.4 is 16.4 Å². The summed E-state index contributed by atoms with van der Waals surface area (Å²) in [5.41, 5.74) is 8.61. The molecule has 4 unspecified atom stereocenters. The third-order valence-corrected chi connectivity index (χ3v) is 7.35. The van der Waals surface area contributed by atoms with Gasteiger partial charge in [-0.05, 0) is 36.5 Å². The molecule has 0 spiro atoms. The normalized spacial score (nSPS) is 17.4. The van der Waals surface area contributed by atoms with Crippen LogP contribution in [0.4, 0.5) is 0 Å². The van der Waals surface area contributed by atoms with E-state index in [-0.39, 0.29) is 12.2 Å². The number of likely N-dealkylation sites (tertiary alicyclic amines) is 1. The molecule has 206 valence electrons. The number of thiol groups is 1. The predicted molar refractivity (Wildman–Crippen MR) is 150 cm³/mol. The van der Waals surface area contributed by atoms with Gasteiger partial charge in [0.05, 0.1) is 6.04 Å². The minimum absolute atomic E-state index is 0.0196. The number of hydrogen-bond acceptors (Lipinski definition) is 6. The molecule has 10 nitrogen and oxygen atoms in total. The smallest absolute Gasteiger partial charge is 0.326 e. The second-order valence-electron chi connectivity index (χ2n) is 9.69. The molecule has 0 bridgehead atoms. The summed E-state index contributed by atoms with van der Waals surface area (Å²) in [6.45, 7) is 0.313. The number of carbonyl (C=O) groups excluding carboxylic acids is 3. The number of nitrogens with one attached hydrogen (secondary N) is 3. The van der Waals surface area contributed by atoms with E-state index in [4.69, 9.17) is 5.73 Å². The molecule has 6 N–H and O–H groups in total. The summed E-state index contributed by atoms with van der Waals surface area (Å²) in [6, 6.07) is 13.0. The highest BCUT2D eigenvalue weighted by Gasteiger charge is 2.39. The Bertz CT molecular complexity index is 1330. The quantitative estimate of drug-likeness (QED) is 0.197.